The predicted octanol–water partition coefficient (Wildman–Crippen LogP) is 0.164. The second kappa shape index (κ2) is 7.10. The summed E-state index contributed by atoms with van der Waals surface area (Å²) in [4.78, 5) is 26.3. The molecule has 0 radical (unpaired) electrons. The highest BCUT2D eigenvalue weighted by molar-refractivity contribution is 5.85. The van der Waals surface area contributed by atoms with Crippen LogP contribution in [0.4, 0.5) is 0 Å². The van der Waals surface area contributed by atoms with Crippen LogP contribution in [-0.2, 0) is 9.59 Å². The van der Waals surface area contributed by atoms with Crippen LogP contribution in [0.15, 0.2) is 4.99 Å². The summed E-state index contributed by atoms with van der Waals surface area (Å²) in [6.07, 6.45) is 4.50. The SMILES string of the molecule is C[C@@H]1CC=N[C@H]1C(=O)NCCCC[C@@H](N)C(=O)O. The number of nitrogens with one attached hydrogen (secondary N) is 1. The maximum atomic E-state index is 11.7. The Bertz CT molecular complexity index is 331. The molecule has 1 aliphatic heterocycles. The molecule has 4 N–H and O–H groups in total. The van der Waals surface area contributed by atoms with E-state index < -0.39 is 12.0 Å². The van der Waals surface area contributed by atoms with Crippen molar-refractivity contribution < 1.29 is 14.7 Å². The Kier molecular flexibility index (Phi) is 5.77. The first-order chi connectivity index (χ1) is 8.52. The third-order valence-corrected chi connectivity index (χ3v) is 3.11. The number of aliphatic carboxylic acids is 1. The number of nitrogens with two attached hydrogens (primary N) is 1. The quantitative estimate of drug-likeness (QED) is 0.564. The fraction of sp³-hybridized carbons (Fsp3) is 0.750. The summed E-state index contributed by atoms with van der Waals surface area (Å²) in [7, 11) is 0. The summed E-state index contributed by atoms with van der Waals surface area (Å²) >= 11 is 0. The second-order valence-electron chi connectivity index (χ2n) is 4.72. The van der Waals surface area contributed by atoms with Crippen LogP contribution in [0.3, 0.4) is 0 Å². The summed E-state index contributed by atoms with van der Waals surface area (Å²) in [5.74, 6) is -0.752. The lowest BCUT2D eigenvalue weighted by Gasteiger charge is -2.13. The van der Waals surface area contributed by atoms with E-state index in [0.717, 1.165) is 12.8 Å². The summed E-state index contributed by atoms with van der Waals surface area (Å²) < 4.78 is 0. The molecule has 18 heavy (non-hydrogen) atoms. The topological polar surface area (TPSA) is 105 Å². The van der Waals surface area contributed by atoms with E-state index in [9.17, 15) is 9.59 Å². The van der Waals surface area contributed by atoms with Crippen molar-refractivity contribution in [2.24, 2.45) is 16.6 Å². The number of carbonyl (C=O) groups excluding carboxylic acids is 1. The molecule has 0 saturated heterocycles. The third kappa shape index (κ3) is 4.44. The van der Waals surface area contributed by atoms with Gasteiger partial charge in [0.1, 0.15) is 12.1 Å². The molecule has 102 valence electrons. The lowest BCUT2D eigenvalue weighted by atomic mass is 10.0. The Balaban J connectivity index is 2.09. The van der Waals surface area contributed by atoms with Crippen molar-refractivity contribution in [1.82, 2.24) is 5.32 Å². The molecule has 0 aliphatic carbocycles. The van der Waals surface area contributed by atoms with Crippen molar-refractivity contribution in [3.63, 3.8) is 0 Å². The van der Waals surface area contributed by atoms with Crippen LogP contribution in [-0.4, -0.2) is 41.8 Å². The Morgan fingerprint density at radius 3 is 2.83 bits per heavy atom. The third-order valence-electron chi connectivity index (χ3n) is 3.11. The van der Waals surface area contributed by atoms with E-state index in [1.165, 1.54) is 0 Å². The Morgan fingerprint density at radius 2 is 2.28 bits per heavy atom. The van der Waals surface area contributed by atoms with Gasteiger partial charge in [0.05, 0.1) is 0 Å². The number of unbranched alkanes of at least 4 members (excludes halogenated alkanes) is 1. The van der Waals surface area contributed by atoms with Gasteiger partial charge in [0, 0.05) is 12.8 Å². The smallest absolute Gasteiger partial charge is 0.320 e. The Labute approximate surface area is 107 Å². The lowest BCUT2D eigenvalue weighted by molar-refractivity contribution is -0.138. The van der Waals surface area contributed by atoms with Gasteiger partial charge in [-0.3, -0.25) is 14.6 Å². The first-order valence-electron chi connectivity index (χ1n) is 6.30. The lowest BCUT2D eigenvalue weighted by Crippen LogP contribution is -2.36. The number of carboxylic acid groups (broad SMARTS) is 1. The van der Waals surface area contributed by atoms with Crippen molar-refractivity contribution >= 4 is 18.1 Å². The number of hydrogen-bond donors (Lipinski definition) is 3. The molecule has 0 aromatic rings. The molecule has 1 heterocycles. The number of hydrogen-bond acceptors (Lipinski definition) is 4. The van der Waals surface area contributed by atoms with E-state index in [-0.39, 0.29) is 17.9 Å². The molecular weight excluding hydrogens is 234 g/mol. The van der Waals surface area contributed by atoms with Crippen LogP contribution in [0.25, 0.3) is 0 Å². The summed E-state index contributed by atoms with van der Waals surface area (Å²) in [5, 5.41) is 11.4. The van der Waals surface area contributed by atoms with Crippen molar-refractivity contribution in [3.8, 4) is 0 Å². The van der Waals surface area contributed by atoms with Crippen LogP contribution in [0.1, 0.15) is 32.6 Å². The van der Waals surface area contributed by atoms with Gasteiger partial charge in [-0.15, -0.1) is 0 Å². The Hall–Kier alpha value is -1.43. The van der Waals surface area contributed by atoms with Gasteiger partial charge in [-0.1, -0.05) is 6.92 Å². The average molecular weight is 255 g/mol. The second-order valence-corrected chi connectivity index (χ2v) is 4.72. The minimum atomic E-state index is -0.979. The van der Waals surface area contributed by atoms with E-state index in [1.807, 2.05) is 6.92 Å². The van der Waals surface area contributed by atoms with Gasteiger partial charge in [0.2, 0.25) is 5.91 Å². The van der Waals surface area contributed by atoms with E-state index in [1.54, 1.807) is 6.21 Å². The molecular formula is C12H21N3O3. The fourth-order valence-electron chi connectivity index (χ4n) is 1.87. The normalized spacial score (nSPS) is 23.9. The van der Waals surface area contributed by atoms with E-state index >= 15 is 0 Å². The highest BCUT2D eigenvalue weighted by Gasteiger charge is 2.26. The molecule has 6 nitrogen and oxygen atoms in total. The molecule has 0 fully saturated rings. The van der Waals surface area contributed by atoms with Gasteiger partial charge in [0.25, 0.3) is 0 Å². The first kappa shape index (κ1) is 14.6. The fourth-order valence-corrected chi connectivity index (χ4v) is 1.87. The van der Waals surface area contributed by atoms with Crippen LogP contribution in [0, 0.1) is 5.92 Å². The summed E-state index contributed by atoms with van der Waals surface area (Å²) in [6, 6.07) is -1.06. The van der Waals surface area contributed by atoms with Crippen LogP contribution < -0.4 is 11.1 Å². The zero-order valence-corrected chi connectivity index (χ0v) is 10.6. The van der Waals surface area contributed by atoms with Crippen molar-refractivity contribution in [2.75, 3.05) is 6.54 Å². The van der Waals surface area contributed by atoms with E-state index in [2.05, 4.69) is 10.3 Å². The highest BCUT2D eigenvalue weighted by Crippen LogP contribution is 2.16. The van der Waals surface area contributed by atoms with E-state index in [4.69, 9.17) is 10.8 Å². The maximum absolute atomic E-state index is 11.7. The molecule has 1 aliphatic rings. The monoisotopic (exact) mass is 255 g/mol. The van der Waals surface area contributed by atoms with Crippen molar-refractivity contribution in [1.29, 1.82) is 0 Å². The van der Waals surface area contributed by atoms with Gasteiger partial charge >= 0.3 is 5.97 Å². The van der Waals surface area contributed by atoms with Crippen LogP contribution >= 0.6 is 0 Å². The zero-order valence-electron chi connectivity index (χ0n) is 10.6. The molecule has 1 rings (SSSR count). The minimum Gasteiger partial charge on any atom is -0.480 e. The standard InChI is InChI=1S/C12H21N3O3/c1-8-5-7-14-10(8)11(16)15-6-3-2-4-9(13)12(17)18/h7-10H,2-6,13H2,1H3,(H,15,16)(H,17,18)/t8-,9-,10-/m1/s1. The number of rotatable bonds is 7. The maximum Gasteiger partial charge on any atom is 0.320 e. The minimum absolute atomic E-state index is 0.0428. The van der Waals surface area contributed by atoms with Crippen molar-refractivity contribution in [3.05, 3.63) is 0 Å². The van der Waals surface area contributed by atoms with Crippen molar-refractivity contribution in [2.45, 2.75) is 44.7 Å². The molecule has 0 bridgehead atoms. The zero-order chi connectivity index (χ0) is 13.5. The molecule has 0 unspecified atom stereocenters. The number of aliphatic imine (C=N–C) groups is 1. The van der Waals surface area contributed by atoms with Crippen LogP contribution in [0.5, 0.6) is 0 Å². The largest absolute Gasteiger partial charge is 0.480 e. The summed E-state index contributed by atoms with van der Waals surface area (Å²) in [6.45, 7) is 2.55. The molecule has 0 saturated carbocycles. The molecule has 0 spiro atoms. The average Bonchev–Trinajstić information content (AvgIpc) is 2.74. The van der Waals surface area contributed by atoms with Gasteiger partial charge in [-0.05, 0) is 31.6 Å². The van der Waals surface area contributed by atoms with E-state index in [0.29, 0.717) is 19.4 Å². The van der Waals surface area contributed by atoms with Gasteiger partial charge < -0.3 is 16.2 Å². The highest BCUT2D eigenvalue weighted by atomic mass is 16.4. The summed E-state index contributed by atoms with van der Waals surface area (Å²) in [5.41, 5.74) is 5.37. The number of carboxylic acids is 1. The van der Waals surface area contributed by atoms with Gasteiger partial charge in [0.15, 0.2) is 0 Å². The molecule has 1 amide bonds. The van der Waals surface area contributed by atoms with Gasteiger partial charge in [-0.2, -0.15) is 0 Å². The predicted molar refractivity (Wildman–Crippen MR) is 68.5 cm³/mol. The number of amides is 1. The van der Waals surface area contributed by atoms with Gasteiger partial charge in [-0.25, -0.2) is 0 Å². The molecule has 3 atom stereocenters. The molecule has 6 heteroatoms. The molecule has 0 aromatic heterocycles. The number of carbonyl (C=O) groups is 2. The molecule has 0 aromatic carbocycles. The Morgan fingerprint density at radius 1 is 1.56 bits per heavy atom. The van der Waals surface area contributed by atoms with Crippen LogP contribution in [0.2, 0.25) is 0 Å². The number of nitrogens with zero attached hydrogens (tertiary/aromatic N) is 1. The first-order valence-corrected chi connectivity index (χ1v) is 6.30.